The maximum atomic E-state index is 13.7. The second-order valence-corrected chi connectivity index (χ2v) is 4.85. The fourth-order valence-corrected chi connectivity index (χ4v) is 2.01. The third-order valence-corrected chi connectivity index (χ3v) is 3.24. The molecule has 4 nitrogen and oxygen atoms in total. The Kier molecular flexibility index (Phi) is 4.42. The summed E-state index contributed by atoms with van der Waals surface area (Å²) in [6.07, 6.45) is 0. The van der Waals surface area contributed by atoms with E-state index >= 15 is 0 Å². The molecule has 7 heteroatoms. The lowest BCUT2D eigenvalue weighted by atomic mass is 10.2. The lowest BCUT2D eigenvalue weighted by Crippen LogP contribution is -2.02. The highest BCUT2D eigenvalue weighted by Crippen LogP contribution is 2.24. The van der Waals surface area contributed by atoms with Crippen LogP contribution in [0.25, 0.3) is 0 Å². The van der Waals surface area contributed by atoms with E-state index in [1.165, 1.54) is 12.1 Å². The molecule has 0 radical (unpaired) electrons. The van der Waals surface area contributed by atoms with Gasteiger partial charge in [0.1, 0.15) is 0 Å². The summed E-state index contributed by atoms with van der Waals surface area (Å²) in [4.78, 5) is 9.86. The van der Waals surface area contributed by atoms with Crippen LogP contribution in [0.1, 0.15) is 5.56 Å². The largest absolute Gasteiger partial charge is 0.379 e. The highest BCUT2D eigenvalue weighted by Gasteiger charge is 2.11. The van der Waals surface area contributed by atoms with Gasteiger partial charge in [0.15, 0.2) is 5.82 Å². The van der Waals surface area contributed by atoms with E-state index in [1.807, 2.05) is 0 Å². The summed E-state index contributed by atoms with van der Waals surface area (Å²) < 4.78 is 13.7. The maximum Gasteiger partial charge on any atom is 0.272 e. The van der Waals surface area contributed by atoms with Crippen LogP contribution in [0.3, 0.4) is 0 Å². The number of nitrogens with zero attached hydrogens (tertiary/aromatic N) is 1. The van der Waals surface area contributed by atoms with Gasteiger partial charge in [0.25, 0.3) is 5.69 Å². The molecule has 2 aromatic carbocycles. The highest BCUT2D eigenvalue weighted by atomic mass is 35.5. The number of hydrogen-bond acceptors (Lipinski definition) is 3. The quantitative estimate of drug-likeness (QED) is 0.660. The molecular formula is C13H9Cl2FN2O2. The standard InChI is InChI=1S/C13H9Cl2FN2O2/c14-9-1-3-11(15)8(5-9)7-17-13-4-2-10(18(19)20)6-12(13)16/h1-6,17H,7H2. The monoisotopic (exact) mass is 314 g/mol. The second kappa shape index (κ2) is 6.07. The summed E-state index contributed by atoms with van der Waals surface area (Å²) in [6.45, 7) is 0.258. The van der Waals surface area contributed by atoms with Crippen molar-refractivity contribution in [3.05, 3.63) is 67.9 Å². The SMILES string of the molecule is O=[N+]([O-])c1ccc(NCc2cc(Cl)ccc2Cl)c(F)c1. The van der Waals surface area contributed by atoms with Crippen LogP contribution in [0.4, 0.5) is 15.8 Å². The Morgan fingerprint density at radius 3 is 2.60 bits per heavy atom. The number of hydrogen-bond donors (Lipinski definition) is 1. The van der Waals surface area contributed by atoms with E-state index in [0.717, 1.165) is 6.07 Å². The molecule has 0 spiro atoms. The number of benzene rings is 2. The van der Waals surface area contributed by atoms with E-state index in [1.54, 1.807) is 18.2 Å². The molecule has 20 heavy (non-hydrogen) atoms. The minimum Gasteiger partial charge on any atom is -0.379 e. The molecule has 0 bridgehead atoms. The zero-order valence-corrected chi connectivity index (χ0v) is 11.6. The summed E-state index contributed by atoms with van der Waals surface area (Å²) in [7, 11) is 0. The van der Waals surface area contributed by atoms with Gasteiger partial charge in [-0.3, -0.25) is 10.1 Å². The number of rotatable bonds is 4. The number of non-ortho nitro benzene ring substituents is 1. The molecule has 0 unspecified atom stereocenters. The number of nitro benzene ring substituents is 1. The predicted octanol–water partition coefficient (Wildman–Crippen LogP) is 4.65. The Labute approximate surface area is 124 Å². The van der Waals surface area contributed by atoms with Gasteiger partial charge in [-0.05, 0) is 29.8 Å². The molecule has 0 fully saturated rings. The first-order valence-electron chi connectivity index (χ1n) is 5.59. The lowest BCUT2D eigenvalue weighted by Gasteiger charge is -2.09. The predicted molar refractivity (Wildman–Crippen MR) is 76.8 cm³/mol. The third-order valence-electron chi connectivity index (χ3n) is 2.64. The Morgan fingerprint density at radius 2 is 1.95 bits per heavy atom. The lowest BCUT2D eigenvalue weighted by molar-refractivity contribution is -0.385. The molecule has 104 valence electrons. The topological polar surface area (TPSA) is 55.2 Å². The molecule has 0 heterocycles. The Morgan fingerprint density at radius 1 is 1.20 bits per heavy atom. The van der Waals surface area contributed by atoms with Crippen molar-refractivity contribution in [3.8, 4) is 0 Å². The van der Waals surface area contributed by atoms with Crippen LogP contribution in [0, 0.1) is 15.9 Å². The van der Waals surface area contributed by atoms with Gasteiger partial charge in [0.2, 0.25) is 0 Å². The van der Waals surface area contributed by atoms with Crippen molar-refractivity contribution in [2.24, 2.45) is 0 Å². The zero-order valence-electron chi connectivity index (χ0n) is 10.1. The molecule has 0 aromatic heterocycles. The van der Waals surface area contributed by atoms with Crippen molar-refractivity contribution in [2.75, 3.05) is 5.32 Å². The van der Waals surface area contributed by atoms with Crippen LogP contribution in [-0.4, -0.2) is 4.92 Å². The van der Waals surface area contributed by atoms with Crippen molar-refractivity contribution < 1.29 is 9.31 Å². The molecule has 0 saturated carbocycles. The van der Waals surface area contributed by atoms with Gasteiger partial charge < -0.3 is 5.32 Å². The first-order chi connectivity index (χ1) is 9.47. The van der Waals surface area contributed by atoms with Crippen molar-refractivity contribution >= 4 is 34.6 Å². The van der Waals surface area contributed by atoms with Crippen molar-refractivity contribution in [3.63, 3.8) is 0 Å². The second-order valence-electron chi connectivity index (χ2n) is 4.01. The van der Waals surface area contributed by atoms with E-state index in [9.17, 15) is 14.5 Å². The van der Waals surface area contributed by atoms with Gasteiger partial charge in [0.05, 0.1) is 16.7 Å². The van der Waals surface area contributed by atoms with Gasteiger partial charge in [-0.15, -0.1) is 0 Å². The Hall–Kier alpha value is -1.85. The van der Waals surface area contributed by atoms with Gasteiger partial charge in [0, 0.05) is 22.7 Å². The highest BCUT2D eigenvalue weighted by molar-refractivity contribution is 6.33. The first-order valence-corrected chi connectivity index (χ1v) is 6.34. The van der Waals surface area contributed by atoms with E-state index in [0.29, 0.717) is 15.6 Å². The molecule has 0 aliphatic rings. The maximum absolute atomic E-state index is 13.7. The molecule has 0 aliphatic heterocycles. The Bertz CT molecular complexity index is 665. The summed E-state index contributed by atoms with van der Waals surface area (Å²) in [5, 5.41) is 14.4. The van der Waals surface area contributed by atoms with E-state index in [-0.39, 0.29) is 17.9 Å². The normalized spacial score (nSPS) is 10.3. The molecule has 0 saturated heterocycles. The van der Waals surface area contributed by atoms with Crippen LogP contribution in [-0.2, 0) is 6.54 Å². The van der Waals surface area contributed by atoms with E-state index in [4.69, 9.17) is 23.2 Å². The summed E-state index contributed by atoms with van der Waals surface area (Å²) >= 11 is 11.8. The molecule has 1 N–H and O–H groups in total. The van der Waals surface area contributed by atoms with Gasteiger partial charge in [-0.1, -0.05) is 23.2 Å². The van der Waals surface area contributed by atoms with Crippen LogP contribution in [0.2, 0.25) is 10.0 Å². The van der Waals surface area contributed by atoms with Gasteiger partial charge in [-0.25, -0.2) is 4.39 Å². The molecule has 0 amide bonds. The van der Waals surface area contributed by atoms with Crippen LogP contribution < -0.4 is 5.32 Å². The molecular weight excluding hydrogens is 306 g/mol. The number of nitrogens with one attached hydrogen (secondary N) is 1. The van der Waals surface area contributed by atoms with Gasteiger partial charge >= 0.3 is 0 Å². The zero-order chi connectivity index (χ0) is 14.7. The van der Waals surface area contributed by atoms with Crippen LogP contribution in [0.5, 0.6) is 0 Å². The average molecular weight is 315 g/mol. The van der Waals surface area contributed by atoms with Crippen molar-refractivity contribution in [1.29, 1.82) is 0 Å². The van der Waals surface area contributed by atoms with E-state index in [2.05, 4.69) is 5.32 Å². The molecule has 2 rings (SSSR count). The molecule has 2 aromatic rings. The average Bonchev–Trinajstić information content (AvgIpc) is 2.40. The van der Waals surface area contributed by atoms with Crippen LogP contribution >= 0.6 is 23.2 Å². The smallest absolute Gasteiger partial charge is 0.272 e. The van der Waals surface area contributed by atoms with E-state index < -0.39 is 10.7 Å². The summed E-state index contributed by atoms with van der Waals surface area (Å²) in [5.41, 5.74) is 0.567. The van der Waals surface area contributed by atoms with Crippen molar-refractivity contribution in [1.82, 2.24) is 0 Å². The van der Waals surface area contributed by atoms with Gasteiger partial charge in [-0.2, -0.15) is 0 Å². The number of nitro groups is 1. The molecule has 0 atom stereocenters. The first kappa shape index (κ1) is 14.6. The number of anilines is 1. The van der Waals surface area contributed by atoms with Crippen molar-refractivity contribution in [2.45, 2.75) is 6.54 Å². The Balaban J connectivity index is 2.15. The fraction of sp³-hybridized carbons (Fsp3) is 0.0769. The summed E-state index contributed by atoms with van der Waals surface area (Å²) in [5.74, 6) is -0.697. The minimum absolute atomic E-state index is 0.159. The third kappa shape index (κ3) is 3.37. The summed E-state index contributed by atoms with van der Waals surface area (Å²) in [6, 6.07) is 8.37. The number of halogens is 3. The minimum atomic E-state index is -0.697. The van der Waals surface area contributed by atoms with Crippen LogP contribution in [0.15, 0.2) is 36.4 Å². The fourth-order valence-electron chi connectivity index (χ4n) is 1.63. The molecule has 0 aliphatic carbocycles.